The lowest BCUT2D eigenvalue weighted by Crippen LogP contribution is -2.61. The quantitative estimate of drug-likeness (QED) is 0.433. The fourth-order valence-electron chi connectivity index (χ4n) is 7.40. The molecule has 3 N–H and O–H groups in total. The van der Waals surface area contributed by atoms with Gasteiger partial charge in [0.1, 0.15) is 5.82 Å². The second-order valence-corrected chi connectivity index (χ2v) is 12.6. The summed E-state index contributed by atoms with van der Waals surface area (Å²) in [5.41, 5.74) is 0.110. The van der Waals surface area contributed by atoms with Crippen LogP contribution in [-0.4, -0.2) is 57.6 Å². The van der Waals surface area contributed by atoms with Crippen LogP contribution >= 0.6 is 11.8 Å². The van der Waals surface area contributed by atoms with Gasteiger partial charge in [-0.15, -0.1) is 11.8 Å². The highest BCUT2D eigenvalue weighted by atomic mass is 32.2. The van der Waals surface area contributed by atoms with E-state index in [9.17, 15) is 14.7 Å². The van der Waals surface area contributed by atoms with Crippen molar-refractivity contribution in [1.29, 1.82) is 0 Å². The number of rotatable bonds is 9. The fraction of sp³-hybridized carbons (Fsp3) is 0.741. The molecule has 3 atom stereocenters. The van der Waals surface area contributed by atoms with Gasteiger partial charge in [0.15, 0.2) is 0 Å². The predicted molar refractivity (Wildman–Crippen MR) is 137 cm³/mol. The molecule has 0 radical (unpaired) electrons. The van der Waals surface area contributed by atoms with E-state index < -0.39 is 11.6 Å². The van der Waals surface area contributed by atoms with Crippen LogP contribution in [0.3, 0.4) is 0 Å². The van der Waals surface area contributed by atoms with Crippen molar-refractivity contribution in [2.75, 3.05) is 23.7 Å². The molecule has 0 spiro atoms. The maximum absolute atomic E-state index is 13.7. The van der Waals surface area contributed by atoms with Crippen molar-refractivity contribution in [3.63, 3.8) is 0 Å². The van der Waals surface area contributed by atoms with Crippen LogP contribution in [0.4, 0.5) is 5.82 Å². The van der Waals surface area contributed by atoms with E-state index >= 15 is 0 Å². The second kappa shape index (κ2) is 10.3. The lowest BCUT2D eigenvalue weighted by atomic mass is 9.52. The third-order valence-corrected chi connectivity index (χ3v) is 9.81. The van der Waals surface area contributed by atoms with Crippen LogP contribution in [0.5, 0.6) is 0 Å². The van der Waals surface area contributed by atoms with Gasteiger partial charge in [-0.1, -0.05) is 6.92 Å². The van der Waals surface area contributed by atoms with Gasteiger partial charge in [-0.2, -0.15) is 0 Å². The van der Waals surface area contributed by atoms with E-state index in [1.165, 1.54) is 0 Å². The maximum Gasteiger partial charge on any atom is 0.303 e. The van der Waals surface area contributed by atoms with Crippen LogP contribution in [0.25, 0.3) is 0 Å². The van der Waals surface area contributed by atoms with Crippen LogP contribution in [-0.2, 0) is 4.79 Å². The van der Waals surface area contributed by atoms with Crippen molar-refractivity contribution in [3.05, 3.63) is 17.7 Å². The minimum absolute atomic E-state index is 0.0586. The molecule has 5 aliphatic rings. The first-order chi connectivity index (χ1) is 16.8. The van der Waals surface area contributed by atoms with Gasteiger partial charge in [0, 0.05) is 25.6 Å². The van der Waals surface area contributed by atoms with Gasteiger partial charge < -0.3 is 20.4 Å². The molecular weight excluding hydrogens is 462 g/mol. The molecule has 0 aromatic carbocycles. The Morgan fingerprint density at radius 3 is 2.69 bits per heavy atom. The molecule has 1 aromatic heterocycles. The van der Waals surface area contributed by atoms with Crippen LogP contribution in [0.15, 0.2) is 17.2 Å². The Kier molecular flexibility index (Phi) is 7.31. The van der Waals surface area contributed by atoms with Crippen LogP contribution in [0, 0.1) is 23.7 Å². The smallest absolute Gasteiger partial charge is 0.303 e. The lowest BCUT2D eigenvalue weighted by molar-refractivity contribution is -0.137. The monoisotopic (exact) mass is 501 g/mol. The highest BCUT2D eigenvalue weighted by Crippen LogP contribution is 2.55. The zero-order valence-corrected chi connectivity index (χ0v) is 21.6. The highest BCUT2D eigenvalue weighted by molar-refractivity contribution is 7.99. The standard InChI is InChI=1S/C27H39N3O4S/c1-2-10-35-22-7-6-21(25(28-22)30-9-3-4-17(16-30)5-8-23(31)32)26(33)29-24-19-11-18-12-20(24)15-27(34,13-18)14-19/h6-7,17-20,24,34H,2-5,8-16H2,1H3,(H,29,33)(H,31,32). The summed E-state index contributed by atoms with van der Waals surface area (Å²) in [5.74, 6) is 2.54. The second-order valence-electron chi connectivity index (χ2n) is 11.4. The number of nitrogens with one attached hydrogen (secondary N) is 1. The first-order valence-electron chi connectivity index (χ1n) is 13.5. The van der Waals surface area contributed by atoms with Gasteiger partial charge in [0.05, 0.1) is 16.2 Å². The molecule has 192 valence electrons. The third-order valence-electron chi connectivity index (χ3n) is 8.67. The number of pyridine rings is 1. The number of aliphatic hydroxyl groups is 1. The molecule has 1 saturated heterocycles. The molecule has 1 aliphatic heterocycles. The van der Waals surface area contributed by atoms with E-state index in [4.69, 9.17) is 10.1 Å². The van der Waals surface area contributed by atoms with E-state index in [0.29, 0.717) is 35.7 Å². The number of nitrogens with zero attached hydrogens (tertiary/aromatic N) is 2. The number of hydrogen-bond donors (Lipinski definition) is 3. The number of hydrogen-bond acceptors (Lipinski definition) is 6. The summed E-state index contributed by atoms with van der Waals surface area (Å²) >= 11 is 1.71. The van der Waals surface area contributed by atoms with E-state index in [2.05, 4.69) is 17.1 Å². The average Bonchev–Trinajstić information content (AvgIpc) is 2.82. The van der Waals surface area contributed by atoms with Crippen molar-refractivity contribution in [2.45, 2.75) is 87.8 Å². The van der Waals surface area contributed by atoms with E-state index in [1.54, 1.807) is 11.8 Å². The summed E-state index contributed by atoms with van der Waals surface area (Å²) in [4.78, 5) is 31.9. The van der Waals surface area contributed by atoms with Crippen LogP contribution in [0.1, 0.15) is 81.5 Å². The Morgan fingerprint density at radius 2 is 2.00 bits per heavy atom. The number of aliphatic carboxylic acids is 1. The molecule has 8 heteroatoms. The minimum Gasteiger partial charge on any atom is -0.481 e. The minimum atomic E-state index is -0.751. The van der Waals surface area contributed by atoms with Gasteiger partial charge in [-0.25, -0.2) is 4.98 Å². The van der Waals surface area contributed by atoms with E-state index in [0.717, 1.165) is 81.1 Å². The number of carboxylic acid groups (broad SMARTS) is 1. The fourth-order valence-corrected chi connectivity index (χ4v) is 8.13. The Morgan fingerprint density at radius 1 is 1.23 bits per heavy atom. The van der Waals surface area contributed by atoms with Gasteiger partial charge in [-0.05, 0) is 99.3 Å². The topological polar surface area (TPSA) is 103 Å². The Hall–Kier alpha value is -1.80. The number of carboxylic acids is 1. The molecular formula is C27H39N3O4S. The molecule has 2 heterocycles. The number of anilines is 1. The summed E-state index contributed by atoms with van der Waals surface area (Å²) < 4.78 is 0. The Bertz CT molecular complexity index is 940. The van der Waals surface area contributed by atoms with E-state index in [1.807, 2.05) is 12.1 Å². The summed E-state index contributed by atoms with van der Waals surface area (Å²) in [5, 5.41) is 24.4. The predicted octanol–water partition coefficient (Wildman–Crippen LogP) is 4.33. The van der Waals surface area contributed by atoms with Gasteiger partial charge in [0.2, 0.25) is 0 Å². The Balaban J connectivity index is 1.35. The molecule has 7 nitrogen and oxygen atoms in total. The summed E-state index contributed by atoms with van der Waals surface area (Å²) in [7, 11) is 0. The van der Waals surface area contributed by atoms with Crippen molar-refractivity contribution in [3.8, 4) is 0 Å². The number of thioether (sulfide) groups is 1. The van der Waals surface area contributed by atoms with Crippen molar-refractivity contribution >= 4 is 29.5 Å². The van der Waals surface area contributed by atoms with Gasteiger partial charge in [-0.3, -0.25) is 9.59 Å². The van der Waals surface area contributed by atoms with E-state index in [-0.39, 0.29) is 18.4 Å². The van der Waals surface area contributed by atoms with Crippen LogP contribution < -0.4 is 10.2 Å². The average molecular weight is 502 g/mol. The maximum atomic E-state index is 13.7. The Labute approximate surface area is 212 Å². The molecule has 5 fully saturated rings. The zero-order valence-electron chi connectivity index (χ0n) is 20.7. The zero-order chi connectivity index (χ0) is 24.6. The third kappa shape index (κ3) is 5.48. The number of aromatic nitrogens is 1. The molecule has 4 aliphatic carbocycles. The SMILES string of the molecule is CCCSc1ccc(C(=O)NC2C3CC4CC2CC(O)(C4)C3)c(N2CCCC(CCC(=O)O)C2)n1. The normalized spacial score (nSPS) is 33.7. The molecule has 3 unspecified atom stereocenters. The molecule has 1 aromatic rings. The summed E-state index contributed by atoms with van der Waals surface area (Å²) in [6.07, 6.45) is 8.66. The van der Waals surface area contributed by atoms with Crippen molar-refractivity contribution < 1.29 is 19.8 Å². The number of carbonyl (C=O) groups excluding carboxylic acids is 1. The molecule has 35 heavy (non-hydrogen) atoms. The molecule has 4 saturated carbocycles. The lowest BCUT2D eigenvalue weighted by Gasteiger charge is -2.58. The number of amides is 1. The molecule has 4 bridgehead atoms. The summed E-state index contributed by atoms with van der Waals surface area (Å²) in [6, 6.07) is 4.02. The molecule has 1 amide bonds. The van der Waals surface area contributed by atoms with Crippen molar-refractivity contribution in [2.24, 2.45) is 23.7 Å². The summed E-state index contributed by atoms with van der Waals surface area (Å²) in [6.45, 7) is 3.73. The number of piperidine rings is 1. The van der Waals surface area contributed by atoms with Crippen LogP contribution in [0.2, 0.25) is 0 Å². The first kappa shape index (κ1) is 24.9. The highest BCUT2D eigenvalue weighted by Gasteiger charge is 2.55. The van der Waals surface area contributed by atoms with Gasteiger partial charge >= 0.3 is 5.97 Å². The largest absolute Gasteiger partial charge is 0.481 e. The van der Waals surface area contributed by atoms with Gasteiger partial charge in [0.25, 0.3) is 5.91 Å². The number of carbonyl (C=O) groups is 2. The molecule has 6 rings (SSSR count). The first-order valence-corrected chi connectivity index (χ1v) is 14.5. The van der Waals surface area contributed by atoms with Crippen molar-refractivity contribution in [1.82, 2.24) is 10.3 Å².